The normalized spacial score (nSPS) is 10.4. The smallest absolute Gasteiger partial charge is 0.251 e. The molecule has 0 fully saturated rings. The number of halogens is 2. The molecule has 0 unspecified atom stereocenters. The Labute approximate surface area is 122 Å². The highest BCUT2D eigenvalue weighted by Gasteiger charge is 2.08. The number of amides is 2. The standard InChI is InChI=1S/C13H16Cl2N2O2/c1-8(2)12(18)16-5-6-17-13(19)9-3-4-10(14)11(15)7-9/h3-4,7-8H,5-6H2,1-2H3,(H,16,18)(H,17,19). The lowest BCUT2D eigenvalue weighted by Gasteiger charge is -2.09. The molecule has 0 spiro atoms. The second kappa shape index (κ2) is 7.36. The molecule has 0 aliphatic carbocycles. The average Bonchev–Trinajstić information content (AvgIpc) is 2.37. The van der Waals surface area contributed by atoms with Gasteiger partial charge in [-0.1, -0.05) is 37.0 Å². The van der Waals surface area contributed by atoms with E-state index in [2.05, 4.69) is 10.6 Å². The summed E-state index contributed by atoms with van der Waals surface area (Å²) in [6, 6.07) is 4.67. The number of carbonyl (C=O) groups excluding carboxylic acids is 2. The van der Waals surface area contributed by atoms with Crippen LogP contribution < -0.4 is 10.6 Å². The number of benzene rings is 1. The minimum Gasteiger partial charge on any atom is -0.354 e. The fourth-order valence-corrected chi connectivity index (χ4v) is 1.60. The Hall–Kier alpha value is -1.26. The molecule has 1 aromatic carbocycles. The predicted octanol–water partition coefficient (Wildman–Crippen LogP) is 2.50. The number of carbonyl (C=O) groups is 2. The highest BCUT2D eigenvalue weighted by molar-refractivity contribution is 6.42. The van der Waals surface area contributed by atoms with E-state index >= 15 is 0 Å². The summed E-state index contributed by atoms with van der Waals surface area (Å²) in [7, 11) is 0. The van der Waals surface area contributed by atoms with Gasteiger partial charge in [-0.25, -0.2) is 0 Å². The monoisotopic (exact) mass is 302 g/mol. The first kappa shape index (κ1) is 15.8. The molecule has 0 aliphatic heterocycles. The Morgan fingerprint density at radius 2 is 1.74 bits per heavy atom. The second-order valence-corrected chi connectivity index (χ2v) is 5.14. The summed E-state index contributed by atoms with van der Waals surface area (Å²) in [4.78, 5) is 23.0. The van der Waals surface area contributed by atoms with E-state index in [1.807, 2.05) is 13.8 Å². The quantitative estimate of drug-likeness (QED) is 0.821. The van der Waals surface area contributed by atoms with Crippen LogP contribution in [0.4, 0.5) is 0 Å². The van der Waals surface area contributed by atoms with Crippen LogP contribution in [-0.4, -0.2) is 24.9 Å². The molecule has 0 saturated heterocycles. The third kappa shape index (κ3) is 5.09. The van der Waals surface area contributed by atoms with Gasteiger partial charge in [-0.2, -0.15) is 0 Å². The van der Waals surface area contributed by atoms with Crippen molar-refractivity contribution >= 4 is 35.0 Å². The van der Waals surface area contributed by atoms with Gasteiger partial charge < -0.3 is 10.6 Å². The molecule has 2 N–H and O–H groups in total. The zero-order valence-corrected chi connectivity index (χ0v) is 12.3. The van der Waals surface area contributed by atoms with Crippen molar-refractivity contribution < 1.29 is 9.59 Å². The summed E-state index contributed by atoms with van der Waals surface area (Å²) in [6.07, 6.45) is 0. The van der Waals surface area contributed by atoms with E-state index in [-0.39, 0.29) is 17.7 Å². The SMILES string of the molecule is CC(C)C(=O)NCCNC(=O)c1ccc(Cl)c(Cl)c1. The van der Waals surface area contributed by atoms with Crippen LogP contribution >= 0.6 is 23.2 Å². The zero-order valence-electron chi connectivity index (χ0n) is 10.8. The van der Waals surface area contributed by atoms with Crippen LogP contribution in [0.3, 0.4) is 0 Å². The maximum absolute atomic E-state index is 11.8. The van der Waals surface area contributed by atoms with Crippen molar-refractivity contribution in [1.82, 2.24) is 10.6 Å². The summed E-state index contributed by atoms with van der Waals surface area (Å²) in [5.41, 5.74) is 0.435. The van der Waals surface area contributed by atoms with Crippen molar-refractivity contribution in [2.24, 2.45) is 5.92 Å². The zero-order chi connectivity index (χ0) is 14.4. The largest absolute Gasteiger partial charge is 0.354 e. The molecule has 0 saturated carbocycles. The predicted molar refractivity (Wildman–Crippen MR) is 76.6 cm³/mol. The number of hydrogen-bond acceptors (Lipinski definition) is 2. The van der Waals surface area contributed by atoms with E-state index < -0.39 is 0 Å². The average molecular weight is 303 g/mol. The van der Waals surface area contributed by atoms with E-state index in [9.17, 15) is 9.59 Å². The first-order valence-corrected chi connectivity index (χ1v) is 6.68. The van der Waals surface area contributed by atoms with Gasteiger partial charge in [0, 0.05) is 24.6 Å². The van der Waals surface area contributed by atoms with Crippen LogP contribution in [0.1, 0.15) is 24.2 Å². The minimum absolute atomic E-state index is 0.0382. The molecule has 0 radical (unpaired) electrons. The van der Waals surface area contributed by atoms with E-state index in [1.54, 1.807) is 12.1 Å². The first-order chi connectivity index (χ1) is 8.91. The van der Waals surface area contributed by atoms with Gasteiger partial charge in [-0.15, -0.1) is 0 Å². The number of nitrogens with one attached hydrogen (secondary N) is 2. The molecule has 0 aliphatic rings. The summed E-state index contributed by atoms with van der Waals surface area (Å²) in [5, 5.41) is 6.13. The number of hydrogen-bond donors (Lipinski definition) is 2. The molecule has 0 atom stereocenters. The van der Waals surface area contributed by atoms with Gasteiger partial charge in [0.15, 0.2) is 0 Å². The molecule has 4 nitrogen and oxygen atoms in total. The van der Waals surface area contributed by atoms with Gasteiger partial charge in [-0.3, -0.25) is 9.59 Å². The molecule has 0 bridgehead atoms. The Morgan fingerprint density at radius 3 is 2.32 bits per heavy atom. The van der Waals surface area contributed by atoms with Crippen LogP contribution in [-0.2, 0) is 4.79 Å². The third-order valence-corrected chi connectivity index (χ3v) is 3.15. The molecule has 0 heterocycles. The van der Waals surface area contributed by atoms with Gasteiger partial charge in [0.1, 0.15) is 0 Å². The van der Waals surface area contributed by atoms with E-state index in [0.717, 1.165) is 0 Å². The maximum atomic E-state index is 11.8. The van der Waals surface area contributed by atoms with Crippen LogP contribution in [0.25, 0.3) is 0 Å². The molecule has 1 aromatic rings. The van der Waals surface area contributed by atoms with E-state index in [0.29, 0.717) is 28.7 Å². The fourth-order valence-electron chi connectivity index (χ4n) is 1.31. The van der Waals surface area contributed by atoms with Gasteiger partial charge in [-0.05, 0) is 18.2 Å². The molecule has 0 aromatic heterocycles. The lowest BCUT2D eigenvalue weighted by atomic mass is 10.2. The van der Waals surface area contributed by atoms with Crippen molar-refractivity contribution in [2.45, 2.75) is 13.8 Å². The molecule has 6 heteroatoms. The molecular formula is C13H16Cl2N2O2. The summed E-state index contributed by atoms with van der Waals surface area (Å²) < 4.78 is 0. The van der Waals surface area contributed by atoms with Crippen molar-refractivity contribution in [3.05, 3.63) is 33.8 Å². The van der Waals surface area contributed by atoms with Crippen molar-refractivity contribution in [3.63, 3.8) is 0 Å². The lowest BCUT2D eigenvalue weighted by molar-refractivity contribution is -0.123. The van der Waals surface area contributed by atoms with Gasteiger partial charge >= 0.3 is 0 Å². The van der Waals surface area contributed by atoms with Crippen LogP contribution in [0, 0.1) is 5.92 Å². The van der Waals surface area contributed by atoms with Crippen LogP contribution in [0.5, 0.6) is 0 Å². The summed E-state index contributed by atoms with van der Waals surface area (Å²) in [5.74, 6) is -0.355. The highest BCUT2D eigenvalue weighted by atomic mass is 35.5. The van der Waals surface area contributed by atoms with Crippen LogP contribution in [0.15, 0.2) is 18.2 Å². The first-order valence-electron chi connectivity index (χ1n) is 5.92. The van der Waals surface area contributed by atoms with E-state index in [4.69, 9.17) is 23.2 Å². The minimum atomic E-state index is -0.252. The molecule has 19 heavy (non-hydrogen) atoms. The number of rotatable bonds is 5. The highest BCUT2D eigenvalue weighted by Crippen LogP contribution is 2.22. The van der Waals surface area contributed by atoms with Gasteiger partial charge in [0.05, 0.1) is 10.0 Å². The topological polar surface area (TPSA) is 58.2 Å². The summed E-state index contributed by atoms with van der Waals surface area (Å²) >= 11 is 11.6. The Bertz CT molecular complexity index is 476. The second-order valence-electron chi connectivity index (χ2n) is 4.33. The van der Waals surface area contributed by atoms with Crippen LogP contribution in [0.2, 0.25) is 10.0 Å². The molecule has 1 rings (SSSR count). The van der Waals surface area contributed by atoms with Gasteiger partial charge in [0.25, 0.3) is 5.91 Å². The lowest BCUT2D eigenvalue weighted by Crippen LogP contribution is -2.36. The van der Waals surface area contributed by atoms with Crippen molar-refractivity contribution in [2.75, 3.05) is 13.1 Å². The maximum Gasteiger partial charge on any atom is 0.251 e. The Balaban J connectivity index is 2.39. The molecule has 2 amide bonds. The molecule has 104 valence electrons. The molecular weight excluding hydrogens is 287 g/mol. The van der Waals surface area contributed by atoms with E-state index in [1.165, 1.54) is 6.07 Å². The van der Waals surface area contributed by atoms with Gasteiger partial charge in [0.2, 0.25) is 5.91 Å². The van der Waals surface area contributed by atoms with Crippen molar-refractivity contribution in [1.29, 1.82) is 0 Å². The third-order valence-electron chi connectivity index (χ3n) is 2.42. The Kier molecular flexibility index (Phi) is 6.12. The van der Waals surface area contributed by atoms with Crippen molar-refractivity contribution in [3.8, 4) is 0 Å². The Morgan fingerprint density at radius 1 is 1.11 bits per heavy atom. The fraction of sp³-hybridized carbons (Fsp3) is 0.385. The summed E-state index contributed by atoms with van der Waals surface area (Å²) in [6.45, 7) is 4.37.